The average Bonchev–Trinajstić information content (AvgIpc) is 2.64. The van der Waals surface area contributed by atoms with Gasteiger partial charge in [-0.1, -0.05) is 0 Å². The molecular formula is C12H16O8. The van der Waals surface area contributed by atoms with Gasteiger partial charge in [-0.15, -0.1) is 0 Å². The van der Waals surface area contributed by atoms with Crippen LogP contribution in [0.2, 0.25) is 0 Å². The van der Waals surface area contributed by atoms with E-state index in [2.05, 4.69) is 0 Å². The highest BCUT2D eigenvalue weighted by atomic mass is 16.6. The van der Waals surface area contributed by atoms with Crippen LogP contribution in [0.15, 0.2) is 0 Å². The molecule has 0 aliphatic carbocycles. The predicted octanol–water partition coefficient (Wildman–Crippen LogP) is -0.272. The second-order valence-corrected chi connectivity index (χ2v) is 4.26. The quantitative estimate of drug-likeness (QED) is 0.502. The van der Waals surface area contributed by atoms with Crippen LogP contribution in [0.1, 0.15) is 27.2 Å². The summed E-state index contributed by atoms with van der Waals surface area (Å²) in [4.78, 5) is 44.1. The largest absolute Gasteiger partial charge is 0.462 e. The first kappa shape index (κ1) is 15.9. The number of ether oxygens (including phenoxy) is 4. The van der Waals surface area contributed by atoms with Crippen LogP contribution in [0.25, 0.3) is 0 Å². The molecule has 0 unspecified atom stereocenters. The summed E-state index contributed by atoms with van der Waals surface area (Å²) in [5.41, 5.74) is 0. The van der Waals surface area contributed by atoms with Crippen LogP contribution >= 0.6 is 0 Å². The van der Waals surface area contributed by atoms with Crippen molar-refractivity contribution in [2.45, 2.75) is 45.5 Å². The molecule has 3 atom stereocenters. The molecule has 1 aliphatic heterocycles. The van der Waals surface area contributed by atoms with E-state index in [1.165, 1.54) is 20.8 Å². The number of cyclic esters (lactones) is 1. The van der Waals surface area contributed by atoms with Gasteiger partial charge < -0.3 is 18.9 Å². The number of hydrogen-bond acceptors (Lipinski definition) is 8. The molecule has 0 saturated carbocycles. The maximum atomic E-state index is 11.5. The van der Waals surface area contributed by atoms with Gasteiger partial charge in [-0.05, 0) is 0 Å². The van der Waals surface area contributed by atoms with Gasteiger partial charge in [-0.3, -0.25) is 14.4 Å². The number of esters is 4. The lowest BCUT2D eigenvalue weighted by atomic mass is 10.1. The van der Waals surface area contributed by atoms with Gasteiger partial charge in [0.2, 0.25) is 6.10 Å². The lowest BCUT2D eigenvalue weighted by molar-refractivity contribution is -0.169. The summed E-state index contributed by atoms with van der Waals surface area (Å²) in [5, 5.41) is 0. The highest BCUT2D eigenvalue weighted by Gasteiger charge is 2.42. The molecular weight excluding hydrogens is 272 g/mol. The molecule has 0 aromatic rings. The Morgan fingerprint density at radius 1 is 1.20 bits per heavy atom. The second kappa shape index (κ2) is 6.88. The Morgan fingerprint density at radius 2 is 1.85 bits per heavy atom. The van der Waals surface area contributed by atoms with Crippen molar-refractivity contribution in [3.8, 4) is 0 Å². The molecule has 0 amide bonds. The Labute approximate surface area is 115 Å². The Kier molecular flexibility index (Phi) is 5.48. The maximum absolute atomic E-state index is 11.5. The number of hydrogen-bond donors (Lipinski definition) is 0. The first-order valence-corrected chi connectivity index (χ1v) is 5.98. The van der Waals surface area contributed by atoms with E-state index in [1.54, 1.807) is 0 Å². The fraction of sp³-hybridized carbons (Fsp3) is 0.667. The first-order chi connectivity index (χ1) is 9.29. The van der Waals surface area contributed by atoms with Crippen molar-refractivity contribution in [3.05, 3.63) is 0 Å². The van der Waals surface area contributed by atoms with Crippen LogP contribution < -0.4 is 0 Å². The third-order valence-electron chi connectivity index (χ3n) is 2.47. The van der Waals surface area contributed by atoms with Crippen LogP contribution in [0.3, 0.4) is 0 Å². The number of carbonyl (C=O) groups is 4. The zero-order chi connectivity index (χ0) is 15.3. The minimum Gasteiger partial charge on any atom is -0.462 e. The summed E-state index contributed by atoms with van der Waals surface area (Å²) in [6.07, 6.45) is -2.75. The average molecular weight is 288 g/mol. The fourth-order valence-electron chi connectivity index (χ4n) is 1.73. The van der Waals surface area contributed by atoms with E-state index in [0.29, 0.717) is 0 Å². The van der Waals surface area contributed by atoms with Gasteiger partial charge in [0.05, 0.1) is 0 Å². The third kappa shape index (κ3) is 4.87. The molecule has 1 saturated heterocycles. The third-order valence-corrected chi connectivity index (χ3v) is 2.47. The number of rotatable bonds is 5. The minimum atomic E-state index is -1.03. The van der Waals surface area contributed by atoms with Crippen molar-refractivity contribution in [2.24, 2.45) is 0 Å². The summed E-state index contributed by atoms with van der Waals surface area (Å²) >= 11 is 0. The topological polar surface area (TPSA) is 105 Å². The second-order valence-electron chi connectivity index (χ2n) is 4.26. The molecule has 20 heavy (non-hydrogen) atoms. The van der Waals surface area contributed by atoms with Crippen molar-refractivity contribution in [3.63, 3.8) is 0 Å². The van der Waals surface area contributed by atoms with Gasteiger partial charge in [0.1, 0.15) is 12.7 Å². The Bertz CT molecular complexity index is 416. The van der Waals surface area contributed by atoms with Crippen molar-refractivity contribution in [2.75, 3.05) is 6.61 Å². The fourth-order valence-corrected chi connectivity index (χ4v) is 1.73. The smallest absolute Gasteiger partial charge is 0.348 e. The van der Waals surface area contributed by atoms with Gasteiger partial charge in [0.15, 0.2) is 6.10 Å². The summed E-state index contributed by atoms with van der Waals surface area (Å²) in [7, 11) is 0. The summed E-state index contributed by atoms with van der Waals surface area (Å²) in [5.74, 6) is -2.49. The SMILES string of the molecule is CC(=O)OC[C@H](OC(C)=O)[C@@H]1C[C@H](OC(C)=O)C(=O)O1. The Balaban J connectivity index is 2.66. The molecule has 1 fully saturated rings. The molecule has 1 aliphatic rings. The molecule has 8 heteroatoms. The molecule has 1 heterocycles. The zero-order valence-electron chi connectivity index (χ0n) is 11.4. The normalized spacial score (nSPS) is 22.6. The van der Waals surface area contributed by atoms with Crippen LogP contribution in [-0.2, 0) is 38.1 Å². The van der Waals surface area contributed by atoms with Gasteiger partial charge >= 0.3 is 23.9 Å². The summed E-state index contributed by atoms with van der Waals surface area (Å²) < 4.78 is 19.5. The molecule has 0 spiro atoms. The molecule has 0 bridgehead atoms. The monoisotopic (exact) mass is 288 g/mol. The van der Waals surface area contributed by atoms with Gasteiger partial charge in [0, 0.05) is 27.2 Å². The Hall–Kier alpha value is -2.12. The zero-order valence-corrected chi connectivity index (χ0v) is 11.4. The molecule has 0 aromatic heterocycles. The van der Waals surface area contributed by atoms with Crippen LogP contribution in [-0.4, -0.2) is 48.8 Å². The lowest BCUT2D eigenvalue weighted by Gasteiger charge is -2.21. The molecule has 0 radical (unpaired) electrons. The van der Waals surface area contributed by atoms with Crippen LogP contribution in [0.4, 0.5) is 0 Å². The highest BCUT2D eigenvalue weighted by molar-refractivity contribution is 5.80. The standard InChI is InChI=1S/C12H16O8/c1-6(13)17-5-11(19-8(3)15)9-4-10(12(16)20-9)18-7(2)14/h9-11H,4-5H2,1-3H3/t9-,10-,11-/m0/s1. The van der Waals surface area contributed by atoms with Gasteiger partial charge in [-0.25, -0.2) is 4.79 Å². The van der Waals surface area contributed by atoms with Crippen LogP contribution in [0, 0.1) is 0 Å². The summed E-state index contributed by atoms with van der Waals surface area (Å²) in [6, 6.07) is 0. The van der Waals surface area contributed by atoms with E-state index < -0.39 is 42.2 Å². The maximum Gasteiger partial charge on any atom is 0.348 e. The minimum absolute atomic E-state index is 0.0393. The molecule has 1 rings (SSSR count). The van der Waals surface area contributed by atoms with E-state index in [0.717, 1.165) is 0 Å². The molecule has 0 aromatic carbocycles. The lowest BCUT2D eigenvalue weighted by Crippen LogP contribution is -2.35. The predicted molar refractivity (Wildman–Crippen MR) is 62.2 cm³/mol. The van der Waals surface area contributed by atoms with Crippen molar-refractivity contribution < 1.29 is 38.1 Å². The summed E-state index contributed by atoms with van der Waals surface area (Å²) in [6.45, 7) is 3.32. The Morgan fingerprint density at radius 3 is 2.35 bits per heavy atom. The highest BCUT2D eigenvalue weighted by Crippen LogP contribution is 2.23. The van der Waals surface area contributed by atoms with E-state index in [9.17, 15) is 19.2 Å². The van der Waals surface area contributed by atoms with E-state index >= 15 is 0 Å². The van der Waals surface area contributed by atoms with Crippen molar-refractivity contribution >= 4 is 23.9 Å². The van der Waals surface area contributed by atoms with E-state index in [1.807, 2.05) is 0 Å². The van der Waals surface area contributed by atoms with E-state index in [-0.39, 0.29) is 13.0 Å². The molecule has 0 N–H and O–H groups in total. The van der Waals surface area contributed by atoms with Crippen molar-refractivity contribution in [1.82, 2.24) is 0 Å². The first-order valence-electron chi connectivity index (χ1n) is 5.98. The van der Waals surface area contributed by atoms with Crippen molar-refractivity contribution in [1.29, 1.82) is 0 Å². The van der Waals surface area contributed by atoms with Gasteiger partial charge in [0.25, 0.3) is 0 Å². The number of carbonyl (C=O) groups excluding carboxylic acids is 4. The van der Waals surface area contributed by atoms with Gasteiger partial charge in [-0.2, -0.15) is 0 Å². The molecule has 112 valence electrons. The van der Waals surface area contributed by atoms with E-state index in [4.69, 9.17) is 18.9 Å². The molecule has 8 nitrogen and oxygen atoms in total. The van der Waals surface area contributed by atoms with Crippen LogP contribution in [0.5, 0.6) is 0 Å².